The highest BCUT2D eigenvalue weighted by Crippen LogP contribution is 2.36. The van der Waals surface area contributed by atoms with Gasteiger partial charge in [-0.2, -0.15) is 0 Å². The molecule has 0 spiro atoms. The van der Waals surface area contributed by atoms with Gasteiger partial charge in [-0.1, -0.05) is 30.3 Å². The number of ether oxygens (including phenoxy) is 4. The largest absolute Gasteiger partial charge is 0.460 e. The van der Waals surface area contributed by atoms with Crippen molar-refractivity contribution < 1.29 is 28.8 Å². The molecule has 6 heteroatoms. The molecule has 3 aliphatic heterocycles. The molecular formula is C23H32O6. The summed E-state index contributed by atoms with van der Waals surface area (Å²) in [5.41, 5.74) is 1.16. The summed E-state index contributed by atoms with van der Waals surface area (Å²) in [6.45, 7) is 1.24. The number of aliphatic hydroxyl groups is 1. The van der Waals surface area contributed by atoms with Crippen LogP contribution in [0, 0.1) is 0 Å². The molecule has 160 valence electrons. The number of esters is 1. The highest BCUT2D eigenvalue weighted by molar-refractivity contribution is 5.71. The molecule has 6 atom stereocenters. The van der Waals surface area contributed by atoms with Gasteiger partial charge in [-0.05, 0) is 50.5 Å². The molecule has 29 heavy (non-hydrogen) atoms. The average Bonchev–Trinajstić information content (AvgIpc) is 3.48. The fourth-order valence-electron chi connectivity index (χ4n) is 4.64. The molecule has 3 aliphatic rings. The van der Waals surface area contributed by atoms with Crippen molar-refractivity contribution in [3.05, 3.63) is 35.9 Å². The van der Waals surface area contributed by atoms with E-state index in [0.29, 0.717) is 26.1 Å². The first-order chi connectivity index (χ1) is 14.2. The fraction of sp³-hybridized carbons (Fsp3) is 0.696. The van der Waals surface area contributed by atoms with Crippen LogP contribution in [-0.4, -0.2) is 54.3 Å². The highest BCUT2D eigenvalue weighted by Gasteiger charge is 2.43. The predicted molar refractivity (Wildman–Crippen MR) is 106 cm³/mol. The zero-order valence-corrected chi connectivity index (χ0v) is 16.9. The van der Waals surface area contributed by atoms with E-state index in [1.54, 1.807) is 0 Å². The SMILES string of the molecule is O=C1CC[C@H]([C@@H]2CC[C@H]([C@H]3CC[C@@H]([C@@H](O)CCCOCc4ccccc4)O3)O2)O1. The third-order valence-corrected chi connectivity index (χ3v) is 6.24. The number of rotatable bonds is 9. The summed E-state index contributed by atoms with van der Waals surface area (Å²) in [4.78, 5) is 11.3. The predicted octanol–water partition coefficient (Wildman–Crippen LogP) is 3.15. The Hall–Kier alpha value is -1.47. The molecule has 3 saturated heterocycles. The lowest BCUT2D eigenvalue weighted by Gasteiger charge is -2.24. The van der Waals surface area contributed by atoms with E-state index in [2.05, 4.69) is 0 Å². The number of hydrogen-bond acceptors (Lipinski definition) is 6. The summed E-state index contributed by atoms with van der Waals surface area (Å²) in [5, 5.41) is 10.5. The van der Waals surface area contributed by atoms with E-state index in [4.69, 9.17) is 18.9 Å². The zero-order chi connectivity index (χ0) is 20.1. The van der Waals surface area contributed by atoms with E-state index in [0.717, 1.165) is 44.1 Å². The Labute approximate surface area is 172 Å². The maximum atomic E-state index is 11.3. The van der Waals surface area contributed by atoms with Gasteiger partial charge in [0, 0.05) is 13.0 Å². The monoisotopic (exact) mass is 404 g/mol. The van der Waals surface area contributed by atoms with Crippen molar-refractivity contribution in [1.82, 2.24) is 0 Å². The minimum Gasteiger partial charge on any atom is -0.460 e. The van der Waals surface area contributed by atoms with E-state index >= 15 is 0 Å². The molecule has 4 rings (SSSR count). The van der Waals surface area contributed by atoms with Crippen molar-refractivity contribution in [1.29, 1.82) is 0 Å². The molecule has 3 heterocycles. The lowest BCUT2D eigenvalue weighted by molar-refractivity contribution is -0.149. The van der Waals surface area contributed by atoms with Crippen LogP contribution in [-0.2, 0) is 30.3 Å². The zero-order valence-electron chi connectivity index (χ0n) is 16.9. The second-order valence-corrected chi connectivity index (χ2v) is 8.40. The van der Waals surface area contributed by atoms with Crippen LogP contribution in [0.25, 0.3) is 0 Å². The molecule has 6 nitrogen and oxygen atoms in total. The van der Waals surface area contributed by atoms with Crippen molar-refractivity contribution in [3.63, 3.8) is 0 Å². The second-order valence-electron chi connectivity index (χ2n) is 8.40. The number of aliphatic hydroxyl groups excluding tert-OH is 1. The summed E-state index contributed by atoms with van der Waals surface area (Å²) in [5.74, 6) is -0.116. The Morgan fingerprint density at radius 2 is 1.69 bits per heavy atom. The van der Waals surface area contributed by atoms with Crippen molar-refractivity contribution in [3.8, 4) is 0 Å². The van der Waals surface area contributed by atoms with Gasteiger partial charge in [0.05, 0.1) is 37.1 Å². The molecule has 0 bridgehead atoms. The Kier molecular flexibility index (Phi) is 7.19. The van der Waals surface area contributed by atoms with Gasteiger partial charge in [0.1, 0.15) is 6.10 Å². The maximum Gasteiger partial charge on any atom is 0.306 e. The van der Waals surface area contributed by atoms with E-state index < -0.39 is 6.10 Å². The molecular weight excluding hydrogens is 372 g/mol. The number of cyclic esters (lactones) is 1. The highest BCUT2D eigenvalue weighted by atomic mass is 16.6. The summed E-state index contributed by atoms with van der Waals surface area (Å²) in [6, 6.07) is 10.1. The molecule has 0 aliphatic carbocycles. The normalized spacial score (nSPS) is 33.1. The van der Waals surface area contributed by atoms with Gasteiger partial charge in [-0.15, -0.1) is 0 Å². The fourth-order valence-corrected chi connectivity index (χ4v) is 4.64. The van der Waals surface area contributed by atoms with Crippen molar-refractivity contribution >= 4 is 5.97 Å². The molecule has 0 aromatic heterocycles. The lowest BCUT2D eigenvalue weighted by atomic mass is 10.0. The average molecular weight is 405 g/mol. The van der Waals surface area contributed by atoms with Gasteiger partial charge in [0.2, 0.25) is 0 Å². The lowest BCUT2D eigenvalue weighted by Crippen LogP contribution is -2.33. The molecule has 0 unspecified atom stereocenters. The van der Waals surface area contributed by atoms with Gasteiger partial charge in [0.15, 0.2) is 0 Å². The van der Waals surface area contributed by atoms with Crippen LogP contribution in [0.1, 0.15) is 56.9 Å². The van der Waals surface area contributed by atoms with E-state index in [-0.39, 0.29) is 36.5 Å². The minimum absolute atomic E-state index is 0.000729. The first-order valence-electron chi connectivity index (χ1n) is 11.0. The van der Waals surface area contributed by atoms with Crippen LogP contribution in [0.2, 0.25) is 0 Å². The molecule has 1 N–H and O–H groups in total. The van der Waals surface area contributed by atoms with Gasteiger partial charge >= 0.3 is 5.97 Å². The third-order valence-electron chi connectivity index (χ3n) is 6.24. The topological polar surface area (TPSA) is 74.2 Å². The molecule has 1 aromatic rings. The van der Waals surface area contributed by atoms with Crippen LogP contribution in [0.4, 0.5) is 0 Å². The molecule has 3 fully saturated rings. The van der Waals surface area contributed by atoms with E-state index in [1.807, 2.05) is 30.3 Å². The van der Waals surface area contributed by atoms with Crippen molar-refractivity contribution in [2.45, 2.75) is 94.6 Å². The number of hydrogen-bond donors (Lipinski definition) is 1. The van der Waals surface area contributed by atoms with Gasteiger partial charge in [-0.25, -0.2) is 0 Å². The summed E-state index contributed by atoms with van der Waals surface area (Å²) in [6.07, 6.45) is 5.76. The number of benzene rings is 1. The third kappa shape index (κ3) is 5.57. The van der Waals surface area contributed by atoms with Crippen LogP contribution >= 0.6 is 0 Å². The van der Waals surface area contributed by atoms with Crippen LogP contribution in [0.15, 0.2) is 30.3 Å². The van der Waals surface area contributed by atoms with Gasteiger partial charge in [-0.3, -0.25) is 4.79 Å². The Morgan fingerprint density at radius 3 is 2.45 bits per heavy atom. The quantitative estimate of drug-likeness (QED) is 0.503. The standard InChI is InChI=1S/C23H32O6/c24-17(7-4-14-26-15-16-5-2-1-3-6-16)18-8-9-19(27-18)20-10-11-21(28-20)22-12-13-23(25)29-22/h1-3,5-6,17-22,24H,4,7-15H2/t17-,18-,19+,20+,21-,22+/m0/s1. The smallest absolute Gasteiger partial charge is 0.306 e. The molecule has 0 saturated carbocycles. The Morgan fingerprint density at radius 1 is 0.966 bits per heavy atom. The van der Waals surface area contributed by atoms with E-state index in [9.17, 15) is 9.90 Å². The van der Waals surface area contributed by atoms with Gasteiger partial charge < -0.3 is 24.1 Å². The molecule has 0 amide bonds. The Balaban J connectivity index is 1.12. The first-order valence-corrected chi connectivity index (χ1v) is 11.0. The van der Waals surface area contributed by atoms with Crippen molar-refractivity contribution in [2.75, 3.05) is 6.61 Å². The maximum absolute atomic E-state index is 11.3. The summed E-state index contributed by atoms with van der Waals surface area (Å²) < 4.78 is 23.3. The second kappa shape index (κ2) is 10.0. The number of carbonyl (C=O) groups is 1. The first kappa shape index (κ1) is 20.8. The van der Waals surface area contributed by atoms with Gasteiger partial charge in [0.25, 0.3) is 0 Å². The van der Waals surface area contributed by atoms with Crippen LogP contribution in [0.5, 0.6) is 0 Å². The number of carbonyl (C=O) groups excluding carboxylic acids is 1. The Bertz CT molecular complexity index is 650. The van der Waals surface area contributed by atoms with Crippen LogP contribution < -0.4 is 0 Å². The molecule has 0 radical (unpaired) electrons. The van der Waals surface area contributed by atoms with Crippen LogP contribution in [0.3, 0.4) is 0 Å². The summed E-state index contributed by atoms with van der Waals surface area (Å²) >= 11 is 0. The summed E-state index contributed by atoms with van der Waals surface area (Å²) in [7, 11) is 0. The minimum atomic E-state index is -0.465. The van der Waals surface area contributed by atoms with E-state index in [1.165, 1.54) is 0 Å². The van der Waals surface area contributed by atoms with Crippen molar-refractivity contribution in [2.24, 2.45) is 0 Å². The molecule has 1 aromatic carbocycles.